The Balaban J connectivity index is 2.29. The molecule has 0 heterocycles. The maximum Gasteiger partial charge on any atom is 0.341 e. The molecule has 0 saturated heterocycles. The second-order valence-electron chi connectivity index (χ2n) is 4.29. The highest BCUT2D eigenvalue weighted by atomic mass is 79.9. The minimum atomic E-state index is -0.488. The van der Waals surface area contributed by atoms with Crippen LogP contribution in [-0.2, 0) is 9.53 Å². The van der Waals surface area contributed by atoms with E-state index in [0.717, 1.165) is 12.8 Å². The van der Waals surface area contributed by atoms with Crippen LogP contribution in [0.25, 0.3) is 0 Å². The molecule has 1 aromatic carbocycles. The molecular formula is C13H14BrNO4. The van der Waals surface area contributed by atoms with Crippen molar-refractivity contribution in [2.75, 3.05) is 19.5 Å². The minimum Gasteiger partial charge on any atom is -0.496 e. The molecule has 0 atom stereocenters. The molecule has 6 heteroatoms. The van der Waals surface area contributed by atoms with E-state index in [2.05, 4.69) is 26.0 Å². The minimum absolute atomic E-state index is 0.00595. The van der Waals surface area contributed by atoms with Crippen molar-refractivity contribution in [3.8, 4) is 5.75 Å². The molecule has 102 valence electrons. The van der Waals surface area contributed by atoms with Crippen LogP contribution in [-0.4, -0.2) is 26.1 Å². The van der Waals surface area contributed by atoms with Gasteiger partial charge in [0.15, 0.2) is 0 Å². The van der Waals surface area contributed by atoms with Crippen molar-refractivity contribution in [2.24, 2.45) is 5.92 Å². The molecule has 0 aromatic heterocycles. The van der Waals surface area contributed by atoms with Gasteiger partial charge in [0.05, 0.1) is 19.9 Å². The Morgan fingerprint density at radius 1 is 1.32 bits per heavy atom. The van der Waals surface area contributed by atoms with Crippen molar-refractivity contribution >= 4 is 33.5 Å². The molecule has 19 heavy (non-hydrogen) atoms. The largest absolute Gasteiger partial charge is 0.496 e. The van der Waals surface area contributed by atoms with Gasteiger partial charge < -0.3 is 14.8 Å². The zero-order chi connectivity index (χ0) is 14.0. The summed E-state index contributed by atoms with van der Waals surface area (Å²) in [5, 5.41) is 2.81. The van der Waals surface area contributed by atoms with Gasteiger partial charge in [-0.1, -0.05) is 0 Å². The number of hydrogen-bond donors (Lipinski definition) is 1. The standard InChI is InChI=1S/C13H14BrNO4/c1-18-11-6-10(15-12(16)7-3-4-7)9(14)5-8(11)13(17)19-2/h5-7H,3-4H2,1-2H3,(H,15,16). The van der Waals surface area contributed by atoms with Gasteiger partial charge in [0.2, 0.25) is 5.91 Å². The second kappa shape index (κ2) is 5.61. The summed E-state index contributed by atoms with van der Waals surface area (Å²) < 4.78 is 10.4. The number of hydrogen-bond acceptors (Lipinski definition) is 4. The monoisotopic (exact) mass is 327 g/mol. The van der Waals surface area contributed by atoms with Crippen LogP contribution in [0.1, 0.15) is 23.2 Å². The molecule has 1 fully saturated rings. The fraction of sp³-hybridized carbons (Fsp3) is 0.385. The third-order valence-electron chi connectivity index (χ3n) is 2.90. The SMILES string of the molecule is COC(=O)c1cc(Br)c(NC(=O)C2CC2)cc1OC. The van der Waals surface area contributed by atoms with Crippen LogP contribution in [0.15, 0.2) is 16.6 Å². The van der Waals surface area contributed by atoms with Crippen molar-refractivity contribution in [1.29, 1.82) is 0 Å². The Morgan fingerprint density at radius 2 is 2.00 bits per heavy atom. The van der Waals surface area contributed by atoms with Crippen LogP contribution in [0.5, 0.6) is 5.75 Å². The number of nitrogens with one attached hydrogen (secondary N) is 1. The van der Waals surface area contributed by atoms with E-state index < -0.39 is 5.97 Å². The van der Waals surface area contributed by atoms with Crippen molar-refractivity contribution < 1.29 is 19.1 Å². The topological polar surface area (TPSA) is 64.6 Å². The zero-order valence-corrected chi connectivity index (χ0v) is 12.2. The first-order valence-electron chi connectivity index (χ1n) is 5.83. The normalized spacial score (nSPS) is 13.8. The first-order valence-corrected chi connectivity index (χ1v) is 6.62. The van der Waals surface area contributed by atoms with Crippen LogP contribution in [0.2, 0.25) is 0 Å². The van der Waals surface area contributed by atoms with E-state index in [1.165, 1.54) is 14.2 Å². The van der Waals surface area contributed by atoms with E-state index in [9.17, 15) is 9.59 Å². The lowest BCUT2D eigenvalue weighted by molar-refractivity contribution is -0.117. The number of carbonyl (C=O) groups excluding carboxylic acids is 2. The molecule has 0 radical (unpaired) electrons. The van der Waals surface area contributed by atoms with Crippen molar-refractivity contribution in [3.63, 3.8) is 0 Å². The fourth-order valence-corrected chi connectivity index (χ4v) is 2.11. The van der Waals surface area contributed by atoms with Crippen LogP contribution < -0.4 is 10.1 Å². The summed E-state index contributed by atoms with van der Waals surface area (Å²) >= 11 is 3.33. The summed E-state index contributed by atoms with van der Waals surface area (Å²) in [6.07, 6.45) is 1.86. The smallest absolute Gasteiger partial charge is 0.341 e. The molecule has 0 spiro atoms. The molecule has 1 saturated carbocycles. The maximum absolute atomic E-state index is 11.7. The van der Waals surface area contributed by atoms with E-state index >= 15 is 0 Å². The fourth-order valence-electron chi connectivity index (χ4n) is 1.67. The highest BCUT2D eigenvalue weighted by Gasteiger charge is 2.30. The van der Waals surface area contributed by atoms with Crippen LogP contribution in [0, 0.1) is 5.92 Å². The molecule has 2 rings (SSSR count). The third kappa shape index (κ3) is 3.07. The highest BCUT2D eigenvalue weighted by molar-refractivity contribution is 9.10. The van der Waals surface area contributed by atoms with Gasteiger partial charge >= 0.3 is 5.97 Å². The summed E-state index contributed by atoms with van der Waals surface area (Å²) in [6.45, 7) is 0. The lowest BCUT2D eigenvalue weighted by atomic mass is 10.1. The second-order valence-corrected chi connectivity index (χ2v) is 5.14. The maximum atomic E-state index is 11.7. The Bertz CT molecular complexity index is 526. The summed E-state index contributed by atoms with van der Waals surface area (Å²) in [4.78, 5) is 23.3. The number of anilines is 1. The van der Waals surface area contributed by atoms with E-state index in [4.69, 9.17) is 4.74 Å². The predicted molar refractivity (Wildman–Crippen MR) is 73.4 cm³/mol. The average molecular weight is 328 g/mol. The van der Waals surface area contributed by atoms with Gasteiger partial charge in [0, 0.05) is 16.5 Å². The van der Waals surface area contributed by atoms with Gasteiger partial charge in [-0.3, -0.25) is 4.79 Å². The molecule has 1 N–H and O–H groups in total. The average Bonchev–Trinajstić information content (AvgIpc) is 3.24. The lowest BCUT2D eigenvalue weighted by Gasteiger charge is -2.12. The third-order valence-corrected chi connectivity index (χ3v) is 3.56. The Kier molecular flexibility index (Phi) is 4.09. The van der Waals surface area contributed by atoms with Gasteiger partial charge in [-0.25, -0.2) is 4.79 Å². The highest BCUT2D eigenvalue weighted by Crippen LogP contribution is 2.34. The Labute approximate surface area is 119 Å². The molecule has 5 nitrogen and oxygen atoms in total. The van der Waals surface area contributed by atoms with E-state index in [-0.39, 0.29) is 11.8 Å². The van der Waals surface area contributed by atoms with Crippen molar-refractivity contribution in [1.82, 2.24) is 0 Å². The molecule has 0 aliphatic heterocycles. The van der Waals surface area contributed by atoms with E-state index in [0.29, 0.717) is 21.5 Å². The number of benzene rings is 1. The Hall–Kier alpha value is -1.56. The van der Waals surface area contributed by atoms with Crippen LogP contribution in [0.3, 0.4) is 0 Å². The zero-order valence-electron chi connectivity index (χ0n) is 10.7. The molecule has 0 bridgehead atoms. The molecule has 1 aromatic rings. The van der Waals surface area contributed by atoms with E-state index in [1.54, 1.807) is 12.1 Å². The van der Waals surface area contributed by atoms with Gasteiger partial charge in [-0.15, -0.1) is 0 Å². The van der Waals surface area contributed by atoms with Crippen LogP contribution >= 0.6 is 15.9 Å². The number of methoxy groups -OCH3 is 2. The van der Waals surface area contributed by atoms with Crippen molar-refractivity contribution in [2.45, 2.75) is 12.8 Å². The van der Waals surface area contributed by atoms with Gasteiger partial charge in [-0.2, -0.15) is 0 Å². The molecular weight excluding hydrogens is 314 g/mol. The summed E-state index contributed by atoms with van der Waals surface area (Å²) in [5.74, 6) is -0.0227. The number of carbonyl (C=O) groups is 2. The quantitative estimate of drug-likeness (QED) is 0.863. The number of ether oxygens (including phenoxy) is 2. The van der Waals surface area contributed by atoms with Crippen LogP contribution in [0.4, 0.5) is 5.69 Å². The van der Waals surface area contributed by atoms with Gasteiger partial charge in [0.1, 0.15) is 11.3 Å². The number of rotatable bonds is 4. The summed E-state index contributed by atoms with van der Waals surface area (Å²) in [6, 6.07) is 3.18. The molecule has 0 unspecified atom stereocenters. The number of amides is 1. The predicted octanol–water partition coefficient (Wildman–Crippen LogP) is 2.59. The van der Waals surface area contributed by atoms with Gasteiger partial charge in [0.25, 0.3) is 0 Å². The summed E-state index contributed by atoms with van der Waals surface area (Å²) in [5.41, 5.74) is 0.891. The molecule has 1 aliphatic rings. The number of esters is 1. The first-order chi connectivity index (χ1) is 9.06. The van der Waals surface area contributed by atoms with Crippen molar-refractivity contribution in [3.05, 3.63) is 22.2 Å². The van der Waals surface area contributed by atoms with Gasteiger partial charge in [-0.05, 0) is 34.8 Å². The lowest BCUT2D eigenvalue weighted by Crippen LogP contribution is -2.14. The Morgan fingerprint density at radius 3 is 2.53 bits per heavy atom. The number of halogens is 1. The first kappa shape index (κ1) is 13.9. The van der Waals surface area contributed by atoms with E-state index in [1.807, 2.05) is 0 Å². The summed E-state index contributed by atoms with van der Waals surface area (Å²) in [7, 11) is 2.76. The molecule has 1 aliphatic carbocycles. The molecule has 1 amide bonds.